The number of phenols is 1. The fourth-order valence-corrected chi connectivity index (χ4v) is 10.5. The van der Waals surface area contributed by atoms with Crippen molar-refractivity contribution in [1.29, 1.82) is 0 Å². The fourth-order valence-electron chi connectivity index (χ4n) is 10.3. The van der Waals surface area contributed by atoms with Crippen molar-refractivity contribution in [3.05, 3.63) is 154 Å². The Morgan fingerprint density at radius 2 is 1.52 bits per heavy atom. The van der Waals surface area contributed by atoms with Gasteiger partial charge >= 0.3 is 0 Å². The topological polar surface area (TPSA) is 123 Å². The van der Waals surface area contributed by atoms with E-state index in [1.807, 2.05) is 85.8 Å². The minimum atomic E-state index is -1.54. The van der Waals surface area contributed by atoms with Crippen molar-refractivity contribution in [3.8, 4) is 23.0 Å². The Morgan fingerprint density at radius 3 is 2.25 bits per heavy atom. The van der Waals surface area contributed by atoms with Gasteiger partial charge in [0.2, 0.25) is 23.6 Å². The molecule has 0 spiro atoms. The van der Waals surface area contributed by atoms with E-state index in [4.69, 9.17) is 25.8 Å². The van der Waals surface area contributed by atoms with Gasteiger partial charge in [-0.3, -0.25) is 24.1 Å². The minimum Gasteiger partial charge on any atom is -0.504 e. The third kappa shape index (κ3) is 6.31. The molecule has 5 aromatic rings. The van der Waals surface area contributed by atoms with Crippen molar-refractivity contribution in [2.75, 3.05) is 30.6 Å². The molecule has 1 N–H and O–H groups in total. The van der Waals surface area contributed by atoms with Crippen LogP contribution >= 0.6 is 11.6 Å². The number of phenolic OH excluding ortho intramolecular Hbond substituents is 1. The van der Waals surface area contributed by atoms with Crippen LogP contribution in [0.3, 0.4) is 0 Å². The van der Waals surface area contributed by atoms with Crippen molar-refractivity contribution >= 4 is 58.8 Å². The first-order valence-corrected chi connectivity index (χ1v) is 20.7. The maximum absolute atomic E-state index is 15.5. The summed E-state index contributed by atoms with van der Waals surface area (Å²) >= 11 is 6.45. The van der Waals surface area contributed by atoms with Gasteiger partial charge in [-0.05, 0) is 91.4 Å². The smallest absolute Gasteiger partial charge is 0.246 e. The maximum Gasteiger partial charge on any atom is 0.246 e. The van der Waals surface area contributed by atoms with Gasteiger partial charge in [0.25, 0.3) is 0 Å². The van der Waals surface area contributed by atoms with E-state index < -0.39 is 46.8 Å². The summed E-state index contributed by atoms with van der Waals surface area (Å²) in [5.41, 5.74) is 2.61. The number of benzene rings is 5. The number of hydrogen-bond donors (Lipinski definition) is 1. The minimum absolute atomic E-state index is 0.121. The Labute approximate surface area is 358 Å². The summed E-state index contributed by atoms with van der Waals surface area (Å²) in [5.74, 6) is -4.13. The molecular weight excluding hydrogens is 792 g/mol. The number of aromatic hydroxyl groups is 1. The molecule has 4 amide bonds. The number of methoxy groups -OCH3 is 2. The van der Waals surface area contributed by atoms with Gasteiger partial charge in [0, 0.05) is 22.1 Å². The number of amides is 4. The molecule has 6 atom stereocenters. The molecule has 2 aliphatic carbocycles. The number of allylic oxidation sites excluding steroid dienone is 2. The number of anilines is 2. The van der Waals surface area contributed by atoms with E-state index >= 15 is 9.59 Å². The maximum atomic E-state index is 15.5. The van der Waals surface area contributed by atoms with Crippen molar-refractivity contribution < 1.29 is 38.5 Å². The number of halogens is 1. The lowest BCUT2D eigenvalue weighted by atomic mass is 9.49. The summed E-state index contributed by atoms with van der Waals surface area (Å²) < 4.78 is 16.8. The van der Waals surface area contributed by atoms with Gasteiger partial charge in [-0.25, -0.2) is 4.90 Å². The van der Waals surface area contributed by atoms with Crippen molar-refractivity contribution in [2.24, 2.45) is 23.7 Å². The van der Waals surface area contributed by atoms with Crippen LogP contribution in [-0.4, -0.2) is 49.6 Å². The quantitative estimate of drug-likeness (QED) is 0.0841. The van der Waals surface area contributed by atoms with E-state index in [0.29, 0.717) is 39.0 Å². The molecule has 0 bridgehead atoms. The lowest BCUT2D eigenvalue weighted by molar-refractivity contribution is -0.127. The molecule has 0 unspecified atom stereocenters. The number of rotatable bonds is 10. The molecule has 9 rings (SSSR count). The van der Waals surface area contributed by atoms with Crippen molar-refractivity contribution in [1.82, 2.24) is 0 Å². The number of para-hydroxylation sites is 1. The molecule has 10 nitrogen and oxygen atoms in total. The van der Waals surface area contributed by atoms with E-state index in [1.54, 1.807) is 68.8 Å². The molecule has 11 heteroatoms. The van der Waals surface area contributed by atoms with E-state index in [1.165, 1.54) is 9.80 Å². The standard InChI is InChI=1S/C50H43ClN2O8/c1-4-61-42-15-9-14-38(45(42)54)44-36-23-24-37-43(48(57)52(46(37)55)33-20-17-29(18-21-33)16-19-30-26-35(59-2)22-25-41(30)60-3)39(36)28-40-47(56)53(34-13-8-12-32(51)27-34)49(58)50(40,44)31-10-6-5-7-11-31/h5-23,25-27,37,39-40,43-44,54H,4,24,28H2,1-3H3/t37-,39+,40-,43-,44+,50+/m0/s1. The summed E-state index contributed by atoms with van der Waals surface area (Å²) in [6, 6.07) is 33.7. The molecule has 308 valence electrons. The molecule has 3 fully saturated rings. The Balaban J connectivity index is 1.14. The number of imide groups is 2. The average molecular weight is 835 g/mol. The fraction of sp³-hybridized carbons (Fsp3) is 0.240. The van der Waals surface area contributed by atoms with Gasteiger partial charge in [0.1, 0.15) is 11.5 Å². The zero-order valence-corrected chi connectivity index (χ0v) is 34.5. The lowest BCUT2D eigenvalue weighted by Gasteiger charge is -2.50. The number of carbonyl (C=O) groups excluding carboxylic acids is 4. The Morgan fingerprint density at radius 1 is 0.754 bits per heavy atom. The normalized spacial score (nSPS) is 24.4. The lowest BCUT2D eigenvalue weighted by Crippen LogP contribution is -2.53. The highest BCUT2D eigenvalue weighted by Crippen LogP contribution is 2.65. The summed E-state index contributed by atoms with van der Waals surface area (Å²) in [7, 11) is 3.20. The monoisotopic (exact) mass is 834 g/mol. The first-order chi connectivity index (χ1) is 29.6. The highest BCUT2D eigenvalue weighted by Gasteiger charge is 2.70. The van der Waals surface area contributed by atoms with E-state index in [9.17, 15) is 14.7 Å². The zero-order chi connectivity index (χ0) is 42.6. The molecule has 2 saturated heterocycles. The van der Waals surface area contributed by atoms with Gasteiger partial charge in [-0.1, -0.05) is 96.1 Å². The second-order valence-electron chi connectivity index (χ2n) is 15.8. The predicted molar refractivity (Wildman–Crippen MR) is 233 cm³/mol. The van der Waals surface area contributed by atoms with Crippen LogP contribution in [0.1, 0.15) is 47.9 Å². The molecule has 1 saturated carbocycles. The Kier molecular flexibility index (Phi) is 10.3. The molecular formula is C50H43ClN2O8. The molecule has 0 radical (unpaired) electrons. The van der Waals surface area contributed by atoms with Crippen molar-refractivity contribution in [3.63, 3.8) is 0 Å². The highest BCUT2D eigenvalue weighted by molar-refractivity contribution is 6.32. The molecule has 61 heavy (non-hydrogen) atoms. The number of fused-ring (bicyclic) bond motifs is 4. The second-order valence-corrected chi connectivity index (χ2v) is 16.2. The van der Waals surface area contributed by atoms with E-state index in [-0.39, 0.29) is 42.8 Å². The van der Waals surface area contributed by atoms with Crippen LogP contribution in [-0.2, 0) is 24.6 Å². The zero-order valence-electron chi connectivity index (χ0n) is 33.8. The predicted octanol–water partition coefficient (Wildman–Crippen LogP) is 9.00. The van der Waals surface area contributed by atoms with Crippen LogP contribution in [0.15, 0.2) is 127 Å². The van der Waals surface area contributed by atoms with E-state index in [2.05, 4.69) is 0 Å². The first kappa shape index (κ1) is 39.8. The highest BCUT2D eigenvalue weighted by atomic mass is 35.5. The van der Waals surface area contributed by atoms with Gasteiger partial charge < -0.3 is 19.3 Å². The van der Waals surface area contributed by atoms with Crippen LogP contribution < -0.4 is 24.0 Å². The second kappa shape index (κ2) is 15.7. The number of ether oxygens (including phenoxy) is 3. The van der Waals surface area contributed by atoms with Crippen LogP contribution in [0.2, 0.25) is 5.02 Å². The molecule has 0 aromatic heterocycles. The summed E-state index contributed by atoms with van der Waals surface area (Å²) in [6.45, 7) is 2.10. The largest absolute Gasteiger partial charge is 0.504 e. The summed E-state index contributed by atoms with van der Waals surface area (Å²) in [5, 5.41) is 12.4. The Bertz CT molecular complexity index is 2640. The number of nitrogens with zero attached hydrogens (tertiary/aromatic N) is 2. The van der Waals surface area contributed by atoms with Crippen LogP contribution in [0.5, 0.6) is 23.0 Å². The van der Waals surface area contributed by atoms with Crippen molar-refractivity contribution in [2.45, 2.75) is 31.1 Å². The summed E-state index contributed by atoms with van der Waals surface area (Å²) in [4.78, 5) is 62.4. The van der Waals surface area contributed by atoms with Gasteiger partial charge in [0.05, 0.1) is 55.4 Å². The van der Waals surface area contributed by atoms with Gasteiger partial charge in [0.15, 0.2) is 11.5 Å². The number of hydrogen-bond acceptors (Lipinski definition) is 8. The van der Waals surface area contributed by atoms with Crippen LogP contribution in [0, 0.1) is 23.7 Å². The third-order valence-electron chi connectivity index (χ3n) is 12.9. The average Bonchev–Trinajstić information content (AvgIpc) is 3.67. The molecule has 2 heterocycles. The molecule has 5 aromatic carbocycles. The van der Waals surface area contributed by atoms with Gasteiger partial charge in [-0.15, -0.1) is 0 Å². The number of carbonyl (C=O) groups is 4. The van der Waals surface area contributed by atoms with Gasteiger partial charge in [-0.2, -0.15) is 0 Å². The van der Waals surface area contributed by atoms with Crippen LogP contribution in [0.25, 0.3) is 12.2 Å². The summed E-state index contributed by atoms with van der Waals surface area (Å²) in [6.07, 6.45) is 6.15. The SMILES string of the molecule is CCOc1cccc([C@H]2C3=CC[C@@H]4C(=O)N(c5ccc(C=Cc6cc(OC)ccc6OC)cc5)C(=O)[C@@H]4[C@@H]3C[C@H]3C(=O)N(c4cccc(Cl)c4)C(=O)[C@@]23c2ccccc2)c1O. The first-order valence-electron chi connectivity index (χ1n) is 20.3. The van der Waals surface area contributed by atoms with Crippen LogP contribution in [0.4, 0.5) is 11.4 Å². The molecule has 4 aliphatic rings. The van der Waals surface area contributed by atoms with E-state index in [0.717, 1.165) is 16.7 Å². The molecule has 2 aliphatic heterocycles. The third-order valence-corrected chi connectivity index (χ3v) is 13.1. The Hall–Kier alpha value is -6.65.